The van der Waals surface area contributed by atoms with Gasteiger partial charge in [0, 0.05) is 12.6 Å². The maximum Gasteiger partial charge on any atom is 0.261 e. The minimum absolute atomic E-state index is 0.0254. The van der Waals surface area contributed by atoms with E-state index in [1.165, 1.54) is 24.3 Å². The van der Waals surface area contributed by atoms with Gasteiger partial charge < -0.3 is 15.0 Å². The number of carbonyl (C=O) groups excluding carboxylic acids is 2. The van der Waals surface area contributed by atoms with Crippen molar-refractivity contribution in [2.45, 2.75) is 59.2 Å². The number of amides is 2. The summed E-state index contributed by atoms with van der Waals surface area (Å²) in [6.45, 7) is 7.89. The molecule has 0 radical (unpaired) electrons. The Balaban J connectivity index is 2.21. The first-order valence-corrected chi connectivity index (χ1v) is 10.4. The molecule has 5 nitrogen and oxygen atoms in total. The first-order chi connectivity index (χ1) is 14.3. The maximum absolute atomic E-state index is 13.1. The van der Waals surface area contributed by atoms with Gasteiger partial charge in [0.1, 0.15) is 17.6 Å². The summed E-state index contributed by atoms with van der Waals surface area (Å²) in [7, 11) is 0. The molecule has 2 rings (SSSR count). The number of hydrogen-bond acceptors (Lipinski definition) is 3. The summed E-state index contributed by atoms with van der Waals surface area (Å²) in [6, 6.07) is 12.7. The van der Waals surface area contributed by atoms with Crippen molar-refractivity contribution in [3.8, 4) is 5.75 Å². The summed E-state index contributed by atoms with van der Waals surface area (Å²) in [4.78, 5) is 27.6. The number of benzene rings is 2. The van der Waals surface area contributed by atoms with Gasteiger partial charge in [0.2, 0.25) is 5.91 Å². The van der Waals surface area contributed by atoms with Crippen LogP contribution in [0.25, 0.3) is 0 Å². The molecule has 30 heavy (non-hydrogen) atoms. The fourth-order valence-electron chi connectivity index (χ4n) is 3.09. The van der Waals surface area contributed by atoms with E-state index in [4.69, 9.17) is 4.74 Å². The second-order valence-electron chi connectivity index (χ2n) is 7.43. The lowest BCUT2D eigenvalue weighted by Crippen LogP contribution is -2.51. The highest BCUT2D eigenvalue weighted by Crippen LogP contribution is 2.17. The molecule has 2 aromatic rings. The first-order valence-electron chi connectivity index (χ1n) is 10.4. The van der Waals surface area contributed by atoms with Crippen molar-refractivity contribution in [3.63, 3.8) is 0 Å². The van der Waals surface area contributed by atoms with Gasteiger partial charge in [-0.2, -0.15) is 0 Å². The fraction of sp³-hybridized carbons (Fsp3) is 0.417. The molecule has 0 aliphatic heterocycles. The maximum atomic E-state index is 13.1. The molecule has 6 heteroatoms. The lowest BCUT2D eigenvalue weighted by Gasteiger charge is -2.31. The number of aryl methyl sites for hydroxylation is 1. The number of nitrogens with one attached hydrogen (secondary N) is 1. The Bertz CT molecular complexity index is 839. The largest absolute Gasteiger partial charge is 0.484 e. The molecule has 2 amide bonds. The number of halogens is 1. The molecule has 0 bridgehead atoms. The summed E-state index contributed by atoms with van der Waals surface area (Å²) in [5.74, 6) is -0.440. The zero-order valence-corrected chi connectivity index (χ0v) is 18.2. The van der Waals surface area contributed by atoms with Gasteiger partial charge >= 0.3 is 0 Å². The van der Waals surface area contributed by atoms with E-state index in [2.05, 4.69) is 5.32 Å². The van der Waals surface area contributed by atoms with Crippen LogP contribution >= 0.6 is 0 Å². The fourth-order valence-corrected chi connectivity index (χ4v) is 3.09. The molecular formula is C24H31FN2O3. The Morgan fingerprint density at radius 2 is 1.73 bits per heavy atom. The molecule has 0 unspecified atom stereocenters. The number of rotatable bonds is 10. The Kier molecular flexibility index (Phi) is 8.84. The molecule has 2 aromatic carbocycles. The van der Waals surface area contributed by atoms with E-state index >= 15 is 0 Å². The minimum Gasteiger partial charge on any atom is -0.484 e. The van der Waals surface area contributed by atoms with Gasteiger partial charge in [-0.05, 0) is 62.1 Å². The zero-order valence-electron chi connectivity index (χ0n) is 18.2. The van der Waals surface area contributed by atoms with Gasteiger partial charge in [0.25, 0.3) is 5.91 Å². The van der Waals surface area contributed by atoms with Crippen molar-refractivity contribution in [1.29, 1.82) is 0 Å². The highest BCUT2D eigenvalue weighted by Gasteiger charge is 2.29. The quantitative estimate of drug-likeness (QED) is 0.633. The van der Waals surface area contributed by atoms with Gasteiger partial charge in [-0.15, -0.1) is 0 Å². The van der Waals surface area contributed by atoms with Crippen LogP contribution in [0.2, 0.25) is 0 Å². The van der Waals surface area contributed by atoms with Gasteiger partial charge in [0.15, 0.2) is 6.61 Å². The van der Waals surface area contributed by atoms with Crippen LogP contribution in [-0.2, 0) is 16.1 Å². The second kappa shape index (κ2) is 11.3. The molecule has 0 aliphatic carbocycles. The topological polar surface area (TPSA) is 58.6 Å². The Morgan fingerprint density at radius 3 is 2.33 bits per heavy atom. The lowest BCUT2D eigenvalue weighted by molar-refractivity contribution is -0.143. The van der Waals surface area contributed by atoms with Crippen molar-refractivity contribution in [2.24, 2.45) is 0 Å². The van der Waals surface area contributed by atoms with Crippen LogP contribution in [-0.4, -0.2) is 35.4 Å². The smallest absolute Gasteiger partial charge is 0.261 e. The summed E-state index contributed by atoms with van der Waals surface area (Å²) in [5, 5.41) is 2.98. The van der Waals surface area contributed by atoms with Crippen molar-refractivity contribution in [3.05, 3.63) is 65.5 Å². The molecule has 0 spiro atoms. The Labute approximate surface area is 178 Å². The summed E-state index contributed by atoms with van der Waals surface area (Å²) < 4.78 is 18.7. The van der Waals surface area contributed by atoms with E-state index in [1.54, 1.807) is 4.90 Å². The van der Waals surface area contributed by atoms with E-state index in [-0.39, 0.29) is 30.3 Å². The average molecular weight is 415 g/mol. The van der Waals surface area contributed by atoms with Gasteiger partial charge in [-0.3, -0.25) is 9.59 Å². The van der Waals surface area contributed by atoms with Crippen LogP contribution in [0.5, 0.6) is 5.75 Å². The summed E-state index contributed by atoms with van der Waals surface area (Å²) in [6.07, 6.45) is 1.29. The molecule has 0 aromatic heterocycles. The predicted molar refractivity (Wildman–Crippen MR) is 116 cm³/mol. The molecule has 0 fully saturated rings. The van der Waals surface area contributed by atoms with Crippen molar-refractivity contribution >= 4 is 11.8 Å². The third kappa shape index (κ3) is 6.58. The van der Waals surface area contributed by atoms with E-state index in [9.17, 15) is 14.0 Å². The number of nitrogens with zero attached hydrogens (tertiary/aromatic N) is 1. The molecule has 0 heterocycles. The van der Waals surface area contributed by atoms with E-state index in [0.717, 1.165) is 17.5 Å². The molecule has 0 saturated heterocycles. The SMILES string of the molecule is CC[C@@H](C)NC(=O)[C@@H](CC)N(Cc1ccccc1C)C(=O)COc1ccc(F)cc1. The van der Waals surface area contributed by atoms with E-state index < -0.39 is 6.04 Å². The highest BCUT2D eigenvalue weighted by molar-refractivity contribution is 5.88. The van der Waals surface area contributed by atoms with Crippen LogP contribution in [0, 0.1) is 12.7 Å². The Morgan fingerprint density at radius 1 is 1.07 bits per heavy atom. The zero-order chi connectivity index (χ0) is 22.1. The van der Waals surface area contributed by atoms with Gasteiger partial charge in [-0.1, -0.05) is 38.1 Å². The first kappa shape index (κ1) is 23.4. The van der Waals surface area contributed by atoms with Gasteiger partial charge in [0.05, 0.1) is 0 Å². The predicted octanol–water partition coefficient (Wildman–Crippen LogP) is 4.24. The molecule has 1 N–H and O–H groups in total. The minimum atomic E-state index is -0.608. The van der Waals surface area contributed by atoms with E-state index in [1.807, 2.05) is 52.0 Å². The third-order valence-electron chi connectivity index (χ3n) is 5.16. The van der Waals surface area contributed by atoms with Crippen LogP contribution in [0.4, 0.5) is 4.39 Å². The Hall–Kier alpha value is -2.89. The highest BCUT2D eigenvalue weighted by atomic mass is 19.1. The normalized spacial score (nSPS) is 12.7. The molecule has 0 aliphatic rings. The van der Waals surface area contributed by atoms with E-state index in [0.29, 0.717) is 18.7 Å². The van der Waals surface area contributed by atoms with Crippen molar-refractivity contribution in [2.75, 3.05) is 6.61 Å². The molecular weight excluding hydrogens is 383 g/mol. The molecule has 0 saturated carbocycles. The lowest BCUT2D eigenvalue weighted by atomic mass is 10.1. The number of carbonyl (C=O) groups is 2. The van der Waals surface area contributed by atoms with Crippen LogP contribution in [0.3, 0.4) is 0 Å². The van der Waals surface area contributed by atoms with Crippen molar-refractivity contribution in [1.82, 2.24) is 10.2 Å². The summed E-state index contributed by atoms with van der Waals surface area (Å²) in [5.41, 5.74) is 2.02. The molecule has 162 valence electrons. The standard InChI is InChI=1S/C24H31FN2O3/c1-5-18(4)26-24(29)22(6-2)27(15-19-10-8-7-9-17(19)3)23(28)16-30-21-13-11-20(25)12-14-21/h7-14,18,22H,5-6,15-16H2,1-4H3,(H,26,29)/t18-,22-/m1/s1. The van der Waals surface area contributed by atoms with Crippen LogP contribution in [0.1, 0.15) is 44.7 Å². The number of hydrogen-bond donors (Lipinski definition) is 1. The van der Waals surface area contributed by atoms with Gasteiger partial charge in [-0.25, -0.2) is 4.39 Å². The monoisotopic (exact) mass is 414 g/mol. The average Bonchev–Trinajstić information content (AvgIpc) is 2.74. The van der Waals surface area contributed by atoms with Crippen LogP contribution < -0.4 is 10.1 Å². The third-order valence-corrected chi connectivity index (χ3v) is 5.16. The number of ether oxygens (including phenoxy) is 1. The van der Waals surface area contributed by atoms with Crippen molar-refractivity contribution < 1.29 is 18.7 Å². The van der Waals surface area contributed by atoms with Crippen LogP contribution in [0.15, 0.2) is 48.5 Å². The second-order valence-corrected chi connectivity index (χ2v) is 7.43. The molecule has 2 atom stereocenters. The summed E-state index contributed by atoms with van der Waals surface area (Å²) >= 11 is 0.